The van der Waals surface area contributed by atoms with Crippen molar-refractivity contribution in [1.29, 1.82) is 0 Å². The van der Waals surface area contributed by atoms with Gasteiger partial charge in [-0.2, -0.15) is 0 Å². The first-order chi connectivity index (χ1) is 13.5. The summed E-state index contributed by atoms with van der Waals surface area (Å²) in [5.74, 6) is -0.296. The number of hydrogen-bond donors (Lipinski definition) is 2. The van der Waals surface area contributed by atoms with E-state index in [9.17, 15) is 4.39 Å². The first-order valence-corrected chi connectivity index (χ1v) is 9.21. The number of anilines is 2. The van der Waals surface area contributed by atoms with Crippen LogP contribution in [0.1, 0.15) is 18.5 Å². The van der Waals surface area contributed by atoms with Gasteiger partial charge in [0.2, 0.25) is 0 Å². The van der Waals surface area contributed by atoms with E-state index < -0.39 is 0 Å². The zero-order valence-corrected chi connectivity index (χ0v) is 15.9. The fraction of sp³-hybridized carbons (Fsp3) is 0.0909. The molecule has 0 bridgehead atoms. The molecular weight excluding hydrogens is 375 g/mol. The molecule has 0 aliphatic rings. The Labute approximate surface area is 167 Å². The van der Waals surface area contributed by atoms with Crippen molar-refractivity contribution in [3.63, 3.8) is 0 Å². The molecular formula is C22H18ClFN4. The van der Waals surface area contributed by atoms with E-state index in [4.69, 9.17) is 17.3 Å². The van der Waals surface area contributed by atoms with Crippen molar-refractivity contribution in [1.82, 2.24) is 9.97 Å². The maximum absolute atomic E-state index is 14.6. The number of nitrogen functional groups attached to an aromatic ring is 1. The van der Waals surface area contributed by atoms with Crippen LogP contribution in [-0.2, 0) is 0 Å². The number of nitrogens with one attached hydrogen (secondary N) is 1. The first kappa shape index (κ1) is 18.2. The standard InChI is InChI=1S/C22H18ClFN4/c1-13(28-22-17-4-2-3-5-21(17)27-12-19(22)23)18-9-14(6-7-20(18)24)15-8-16(25)11-26-10-15/h2-13H,25H2,1H3,(H,27,28). The molecule has 4 aromatic rings. The van der Waals surface area contributed by atoms with Crippen molar-refractivity contribution in [2.24, 2.45) is 0 Å². The van der Waals surface area contributed by atoms with Gasteiger partial charge in [0.1, 0.15) is 5.82 Å². The van der Waals surface area contributed by atoms with Crippen LogP contribution in [0.3, 0.4) is 0 Å². The molecule has 28 heavy (non-hydrogen) atoms. The highest BCUT2D eigenvalue weighted by Gasteiger charge is 2.16. The zero-order chi connectivity index (χ0) is 19.7. The summed E-state index contributed by atoms with van der Waals surface area (Å²) >= 11 is 6.38. The van der Waals surface area contributed by atoms with E-state index in [1.807, 2.05) is 37.3 Å². The summed E-state index contributed by atoms with van der Waals surface area (Å²) in [7, 11) is 0. The van der Waals surface area contributed by atoms with E-state index in [0.29, 0.717) is 16.3 Å². The molecule has 6 heteroatoms. The number of pyridine rings is 2. The Bertz CT molecular complexity index is 1160. The summed E-state index contributed by atoms with van der Waals surface area (Å²) in [4.78, 5) is 8.45. The van der Waals surface area contributed by atoms with Gasteiger partial charge in [-0.15, -0.1) is 0 Å². The van der Waals surface area contributed by atoms with Gasteiger partial charge in [-0.25, -0.2) is 4.39 Å². The Kier molecular flexibility index (Phi) is 4.84. The quantitative estimate of drug-likeness (QED) is 0.457. The van der Waals surface area contributed by atoms with Crippen LogP contribution in [0.25, 0.3) is 22.0 Å². The van der Waals surface area contributed by atoms with Crippen molar-refractivity contribution >= 4 is 33.9 Å². The van der Waals surface area contributed by atoms with Crippen molar-refractivity contribution in [3.05, 3.63) is 83.5 Å². The number of rotatable bonds is 4. The molecule has 0 saturated carbocycles. The van der Waals surface area contributed by atoms with Crippen LogP contribution in [-0.4, -0.2) is 9.97 Å². The van der Waals surface area contributed by atoms with Crippen LogP contribution in [0.5, 0.6) is 0 Å². The predicted molar refractivity (Wildman–Crippen MR) is 113 cm³/mol. The molecule has 0 saturated heterocycles. The average molecular weight is 393 g/mol. The van der Waals surface area contributed by atoms with E-state index in [1.165, 1.54) is 6.07 Å². The molecule has 3 N–H and O–H groups in total. The van der Waals surface area contributed by atoms with E-state index in [-0.39, 0.29) is 11.9 Å². The molecule has 0 radical (unpaired) electrons. The molecule has 140 valence electrons. The van der Waals surface area contributed by atoms with Crippen molar-refractivity contribution in [2.45, 2.75) is 13.0 Å². The number of benzene rings is 2. The lowest BCUT2D eigenvalue weighted by atomic mass is 10.00. The number of aromatic nitrogens is 2. The van der Waals surface area contributed by atoms with Crippen LogP contribution in [0.15, 0.2) is 67.1 Å². The number of nitrogens with zero attached hydrogens (tertiary/aromatic N) is 2. The van der Waals surface area contributed by atoms with E-state index in [0.717, 1.165) is 27.7 Å². The second-order valence-electron chi connectivity index (χ2n) is 6.61. The Morgan fingerprint density at radius 1 is 1.04 bits per heavy atom. The van der Waals surface area contributed by atoms with E-state index >= 15 is 0 Å². The molecule has 1 atom stereocenters. The molecule has 1 unspecified atom stereocenters. The second kappa shape index (κ2) is 7.44. The van der Waals surface area contributed by atoms with Crippen LogP contribution in [0, 0.1) is 5.82 Å². The fourth-order valence-electron chi connectivity index (χ4n) is 3.23. The Balaban J connectivity index is 1.72. The molecule has 2 aromatic carbocycles. The topological polar surface area (TPSA) is 63.8 Å². The second-order valence-corrected chi connectivity index (χ2v) is 7.01. The number of hydrogen-bond acceptors (Lipinski definition) is 4. The lowest BCUT2D eigenvalue weighted by Gasteiger charge is -2.19. The van der Waals surface area contributed by atoms with Gasteiger partial charge in [0.15, 0.2) is 0 Å². The van der Waals surface area contributed by atoms with Gasteiger partial charge in [0.05, 0.1) is 28.0 Å². The molecule has 0 amide bonds. The average Bonchev–Trinajstić information content (AvgIpc) is 2.70. The smallest absolute Gasteiger partial charge is 0.128 e. The minimum Gasteiger partial charge on any atom is -0.397 e. The third-order valence-corrected chi connectivity index (χ3v) is 4.93. The van der Waals surface area contributed by atoms with Crippen LogP contribution in [0.2, 0.25) is 5.02 Å². The van der Waals surface area contributed by atoms with Gasteiger partial charge in [-0.05, 0) is 36.8 Å². The van der Waals surface area contributed by atoms with Gasteiger partial charge in [0, 0.05) is 35.1 Å². The SMILES string of the molecule is CC(Nc1c(Cl)cnc2ccccc12)c1cc(-c2cncc(N)c2)ccc1F. The molecule has 0 spiro atoms. The van der Waals surface area contributed by atoms with Crippen LogP contribution >= 0.6 is 11.6 Å². The van der Waals surface area contributed by atoms with Crippen molar-refractivity contribution in [2.75, 3.05) is 11.1 Å². The molecule has 0 aliphatic heterocycles. The lowest BCUT2D eigenvalue weighted by molar-refractivity contribution is 0.600. The minimum atomic E-state index is -0.322. The highest BCUT2D eigenvalue weighted by Crippen LogP contribution is 2.34. The maximum Gasteiger partial charge on any atom is 0.128 e. The van der Waals surface area contributed by atoms with Gasteiger partial charge in [-0.3, -0.25) is 9.97 Å². The number of halogens is 2. The third-order valence-electron chi connectivity index (χ3n) is 4.65. The maximum atomic E-state index is 14.6. The first-order valence-electron chi connectivity index (χ1n) is 8.83. The Hall–Kier alpha value is -3.18. The van der Waals surface area contributed by atoms with Gasteiger partial charge in [-0.1, -0.05) is 35.9 Å². The Morgan fingerprint density at radius 3 is 2.68 bits per heavy atom. The van der Waals surface area contributed by atoms with Crippen LogP contribution in [0.4, 0.5) is 15.8 Å². The highest BCUT2D eigenvalue weighted by atomic mass is 35.5. The molecule has 0 aliphatic carbocycles. The third kappa shape index (κ3) is 3.49. The monoisotopic (exact) mass is 392 g/mol. The fourth-order valence-corrected chi connectivity index (χ4v) is 3.43. The van der Waals surface area contributed by atoms with Crippen LogP contribution < -0.4 is 11.1 Å². The molecule has 2 heterocycles. The number of para-hydroxylation sites is 1. The zero-order valence-electron chi connectivity index (χ0n) is 15.2. The lowest BCUT2D eigenvalue weighted by Crippen LogP contribution is -2.10. The summed E-state index contributed by atoms with van der Waals surface area (Å²) in [6.07, 6.45) is 4.89. The summed E-state index contributed by atoms with van der Waals surface area (Å²) in [6, 6.07) is 14.2. The van der Waals surface area contributed by atoms with Gasteiger partial charge >= 0.3 is 0 Å². The summed E-state index contributed by atoms with van der Waals surface area (Å²) in [5, 5.41) is 4.72. The van der Waals surface area contributed by atoms with E-state index in [2.05, 4.69) is 15.3 Å². The number of fused-ring (bicyclic) bond motifs is 1. The number of nitrogens with two attached hydrogens (primary N) is 1. The normalized spacial score (nSPS) is 12.1. The van der Waals surface area contributed by atoms with Gasteiger partial charge < -0.3 is 11.1 Å². The van der Waals surface area contributed by atoms with Crippen molar-refractivity contribution in [3.8, 4) is 11.1 Å². The molecule has 4 nitrogen and oxygen atoms in total. The van der Waals surface area contributed by atoms with Gasteiger partial charge in [0.25, 0.3) is 0 Å². The molecule has 0 fully saturated rings. The summed E-state index contributed by atoms with van der Waals surface area (Å²) < 4.78 is 14.6. The molecule has 4 rings (SSSR count). The van der Waals surface area contributed by atoms with Crippen molar-refractivity contribution < 1.29 is 4.39 Å². The molecule has 2 aromatic heterocycles. The highest BCUT2D eigenvalue weighted by molar-refractivity contribution is 6.34. The summed E-state index contributed by atoms with van der Waals surface area (Å²) in [5.41, 5.74) is 10.1. The Morgan fingerprint density at radius 2 is 1.86 bits per heavy atom. The summed E-state index contributed by atoms with van der Waals surface area (Å²) in [6.45, 7) is 1.89. The minimum absolute atomic E-state index is 0.296. The van der Waals surface area contributed by atoms with E-state index in [1.54, 1.807) is 30.7 Å². The largest absolute Gasteiger partial charge is 0.397 e. The predicted octanol–water partition coefficient (Wildman–Crippen LogP) is 5.84.